The third-order valence-electron chi connectivity index (χ3n) is 10.3. The second kappa shape index (κ2) is 14.5. The van der Waals surface area contributed by atoms with Crippen LogP contribution in [0, 0.1) is 41.4 Å². The highest BCUT2D eigenvalue weighted by Crippen LogP contribution is 2.40. The van der Waals surface area contributed by atoms with Gasteiger partial charge in [0.2, 0.25) is 5.79 Å². The van der Waals surface area contributed by atoms with Gasteiger partial charge in [-0.05, 0) is 80.5 Å². The molecule has 0 radical (unpaired) electrons. The average Bonchev–Trinajstić information content (AvgIpc) is 2.94. The lowest BCUT2D eigenvalue weighted by molar-refractivity contribution is -0.280. The molecule has 11 unspecified atom stereocenters. The predicted octanol–water partition coefficient (Wildman–Crippen LogP) is 4.36. The molecule has 1 amide bonds. The van der Waals surface area contributed by atoms with E-state index in [1.54, 1.807) is 14.0 Å². The molecule has 0 aromatic carbocycles. The van der Waals surface area contributed by atoms with E-state index in [9.17, 15) is 24.6 Å². The number of rotatable bonds is 10. The van der Waals surface area contributed by atoms with Crippen molar-refractivity contribution in [2.45, 2.75) is 137 Å². The Bertz CT molecular complexity index is 939. The van der Waals surface area contributed by atoms with Crippen molar-refractivity contribution in [3.63, 3.8) is 0 Å². The van der Waals surface area contributed by atoms with Crippen molar-refractivity contribution >= 4 is 17.7 Å². The number of carbonyl (C=O) groups excluding carboxylic acids is 3. The van der Waals surface area contributed by atoms with Crippen molar-refractivity contribution in [2.24, 2.45) is 41.4 Å². The molecule has 11 atom stereocenters. The summed E-state index contributed by atoms with van der Waals surface area (Å²) in [5, 5.41) is 22.4. The van der Waals surface area contributed by atoms with Gasteiger partial charge in [0.1, 0.15) is 12.1 Å². The number of esters is 1. The van der Waals surface area contributed by atoms with E-state index in [-0.39, 0.29) is 54.3 Å². The van der Waals surface area contributed by atoms with Crippen molar-refractivity contribution < 1.29 is 38.8 Å². The first-order chi connectivity index (χ1) is 19.6. The smallest absolute Gasteiger partial charge is 0.329 e. The number of methoxy groups -OCH3 is 1. The number of amides is 1. The highest BCUT2D eigenvalue weighted by molar-refractivity contribution is 6.39. The van der Waals surface area contributed by atoms with Gasteiger partial charge in [-0.2, -0.15) is 0 Å². The van der Waals surface area contributed by atoms with E-state index in [1.165, 1.54) is 4.90 Å². The third-order valence-corrected chi connectivity index (χ3v) is 10.3. The number of hydrogen-bond donors (Lipinski definition) is 2. The summed E-state index contributed by atoms with van der Waals surface area (Å²) in [7, 11) is 1.64. The number of nitrogens with zero attached hydrogens (tertiary/aromatic N) is 1. The van der Waals surface area contributed by atoms with Crippen LogP contribution in [-0.2, 0) is 28.6 Å². The molecule has 0 aromatic heterocycles. The second-order valence-corrected chi connectivity index (χ2v) is 14.3. The summed E-state index contributed by atoms with van der Waals surface area (Å²) < 4.78 is 17.7. The van der Waals surface area contributed by atoms with Crippen molar-refractivity contribution in [2.75, 3.05) is 13.7 Å². The minimum absolute atomic E-state index is 0.0170. The van der Waals surface area contributed by atoms with Crippen LogP contribution in [0.15, 0.2) is 0 Å². The molecule has 0 bridgehead atoms. The number of aliphatic hydroxyl groups excluding tert-OH is 1. The van der Waals surface area contributed by atoms with Gasteiger partial charge in [0.25, 0.3) is 11.7 Å². The van der Waals surface area contributed by atoms with E-state index in [1.807, 2.05) is 41.5 Å². The van der Waals surface area contributed by atoms with Crippen molar-refractivity contribution in [1.82, 2.24) is 4.90 Å². The molecule has 2 N–H and O–H groups in total. The first kappa shape index (κ1) is 34.9. The van der Waals surface area contributed by atoms with E-state index in [0.29, 0.717) is 25.7 Å². The lowest BCUT2D eigenvalue weighted by Gasteiger charge is -2.46. The SMILES string of the molecule is COC1C(C)CCC(CC(C)C(OC(=O)C2CCCCN2C(=O)C(=O)C2(O)OC(C(C)C)C(C)CC2C)C(C)C)C1O. The number of likely N-dealkylation sites (tertiary alicyclic amines) is 1. The van der Waals surface area contributed by atoms with Crippen LogP contribution in [-0.4, -0.2) is 82.7 Å². The molecule has 42 heavy (non-hydrogen) atoms. The number of aliphatic hydroxyl groups is 2. The summed E-state index contributed by atoms with van der Waals surface area (Å²) in [6.07, 6.45) is 3.33. The first-order valence-electron chi connectivity index (χ1n) is 16.3. The Morgan fingerprint density at radius 3 is 2.26 bits per heavy atom. The monoisotopic (exact) mass is 595 g/mol. The molecule has 3 fully saturated rings. The number of ether oxygens (including phenoxy) is 3. The number of hydrogen-bond acceptors (Lipinski definition) is 8. The standard InChI is InChI=1S/C33H57NO8/c1-18(2)27(22(7)17-24-14-13-20(5)29(40-9)26(24)35)41-32(38)25-12-10-11-15-34(25)31(37)30(36)33(39)23(8)16-21(6)28(42-33)19(3)4/h18-29,35,39H,10-17H2,1-9H3. The van der Waals surface area contributed by atoms with Crippen LogP contribution in [0.25, 0.3) is 0 Å². The average molecular weight is 596 g/mol. The van der Waals surface area contributed by atoms with Crippen LogP contribution < -0.4 is 0 Å². The van der Waals surface area contributed by atoms with Crippen LogP contribution in [0.2, 0.25) is 0 Å². The molecule has 2 saturated heterocycles. The van der Waals surface area contributed by atoms with E-state index < -0.39 is 47.6 Å². The van der Waals surface area contributed by atoms with Crippen LogP contribution in [0.1, 0.15) is 100 Å². The maximum absolute atomic E-state index is 13.7. The summed E-state index contributed by atoms with van der Waals surface area (Å²) in [6, 6.07) is -0.898. The fourth-order valence-electron chi connectivity index (χ4n) is 7.84. The molecule has 2 aliphatic heterocycles. The van der Waals surface area contributed by atoms with Gasteiger partial charge in [-0.25, -0.2) is 4.79 Å². The summed E-state index contributed by atoms with van der Waals surface area (Å²) in [5.74, 6) is -4.68. The van der Waals surface area contributed by atoms with Crippen LogP contribution in [0.4, 0.5) is 0 Å². The van der Waals surface area contributed by atoms with Crippen LogP contribution in [0.3, 0.4) is 0 Å². The molecule has 0 spiro atoms. The Labute approximate surface area is 253 Å². The van der Waals surface area contributed by atoms with Crippen LogP contribution in [0.5, 0.6) is 0 Å². The van der Waals surface area contributed by atoms with E-state index in [4.69, 9.17) is 14.2 Å². The lowest BCUT2D eigenvalue weighted by atomic mass is 9.73. The third kappa shape index (κ3) is 7.39. The molecule has 3 rings (SSSR count). The molecule has 242 valence electrons. The van der Waals surface area contributed by atoms with Gasteiger partial charge in [-0.1, -0.05) is 55.4 Å². The largest absolute Gasteiger partial charge is 0.460 e. The van der Waals surface area contributed by atoms with Crippen LogP contribution >= 0.6 is 0 Å². The predicted molar refractivity (Wildman–Crippen MR) is 159 cm³/mol. The molecule has 1 saturated carbocycles. The lowest BCUT2D eigenvalue weighted by Crippen LogP contribution is -2.62. The topological polar surface area (TPSA) is 123 Å². The maximum atomic E-state index is 13.7. The number of ketones is 1. The molecule has 3 aliphatic rings. The van der Waals surface area contributed by atoms with Crippen molar-refractivity contribution in [3.8, 4) is 0 Å². The fraction of sp³-hybridized carbons (Fsp3) is 0.909. The molecule has 1 aliphatic carbocycles. The van der Waals surface area contributed by atoms with E-state index >= 15 is 0 Å². The van der Waals surface area contributed by atoms with Crippen molar-refractivity contribution in [1.29, 1.82) is 0 Å². The molecule has 9 heteroatoms. The normalized spacial score (nSPS) is 37.4. The first-order valence-corrected chi connectivity index (χ1v) is 16.3. The maximum Gasteiger partial charge on any atom is 0.329 e. The highest BCUT2D eigenvalue weighted by atomic mass is 16.6. The minimum atomic E-state index is -2.22. The van der Waals surface area contributed by atoms with Gasteiger partial charge in [0.15, 0.2) is 0 Å². The molecule has 0 aromatic rings. The highest BCUT2D eigenvalue weighted by Gasteiger charge is 2.54. The van der Waals surface area contributed by atoms with Gasteiger partial charge < -0.3 is 29.3 Å². The Morgan fingerprint density at radius 1 is 1.00 bits per heavy atom. The zero-order valence-electron chi connectivity index (χ0n) is 27.4. The molecular weight excluding hydrogens is 538 g/mol. The van der Waals surface area contributed by atoms with E-state index in [0.717, 1.165) is 19.3 Å². The Balaban J connectivity index is 1.73. The zero-order chi connectivity index (χ0) is 31.5. The Morgan fingerprint density at radius 2 is 1.67 bits per heavy atom. The van der Waals surface area contributed by atoms with Gasteiger partial charge in [0, 0.05) is 19.6 Å². The quantitative estimate of drug-likeness (QED) is 0.282. The Kier molecular flexibility index (Phi) is 12.0. The number of carbonyl (C=O) groups is 3. The second-order valence-electron chi connectivity index (χ2n) is 14.3. The molecule has 9 nitrogen and oxygen atoms in total. The molecule has 2 heterocycles. The van der Waals surface area contributed by atoms with E-state index in [2.05, 4.69) is 6.92 Å². The summed E-state index contributed by atoms with van der Waals surface area (Å²) in [5.41, 5.74) is 0. The van der Waals surface area contributed by atoms with Gasteiger partial charge in [-0.3, -0.25) is 9.59 Å². The molecular formula is C33H57NO8. The number of piperidine rings is 1. The minimum Gasteiger partial charge on any atom is -0.460 e. The van der Waals surface area contributed by atoms with Gasteiger partial charge in [-0.15, -0.1) is 0 Å². The van der Waals surface area contributed by atoms with Gasteiger partial charge in [0.05, 0.1) is 18.3 Å². The number of Topliss-reactive ketones (excluding diaryl/α,β-unsaturated/α-hetero) is 1. The Hall–Kier alpha value is -1.55. The zero-order valence-corrected chi connectivity index (χ0v) is 27.4. The summed E-state index contributed by atoms with van der Waals surface area (Å²) in [4.78, 5) is 42.2. The summed E-state index contributed by atoms with van der Waals surface area (Å²) >= 11 is 0. The van der Waals surface area contributed by atoms with Gasteiger partial charge >= 0.3 is 5.97 Å². The fourth-order valence-corrected chi connectivity index (χ4v) is 7.84. The van der Waals surface area contributed by atoms with Crippen molar-refractivity contribution in [3.05, 3.63) is 0 Å². The summed E-state index contributed by atoms with van der Waals surface area (Å²) in [6.45, 7) is 16.1.